The summed E-state index contributed by atoms with van der Waals surface area (Å²) in [6.45, 7) is 1.62. The third-order valence-corrected chi connectivity index (χ3v) is 3.82. The van der Waals surface area contributed by atoms with Crippen LogP contribution in [0.25, 0.3) is 23.1 Å². The van der Waals surface area contributed by atoms with E-state index in [1.165, 1.54) is 16.5 Å². The van der Waals surface area contributed by atoms with Crippen LogP contribution in [0.4, 0.5) is 0 Å². The summed E-state index contributed by atoms with van der Waals surface area (Å²) in [6, 6.07) is 16.5. The highest BCUT2D eigenvalue weighted by molar-refractivity contribution is 5.92. The van der Waals surface area contributed by atoms with Gasteiger partial charge in [-0.3, -0.25) is 4.79 Å². The molecule has 0 aliphatic carbocycles. The summed E-state index contributed by atoms with van der Waals surface area (Å²) in [4.78, 5) is 11.1. The number of carbonyl (C=O) groups excluding carboxylic acids is 1. The number of aromatic nitrogens is 1. The number of hydrogen-bond acceptors (Lipinski definition) is 1. The molecule has 0 spiro atoms. The van der Waals surface area contributed by atoms with Gasteiger partial charge in [0.2, 0.25) is 0 Å². The fraction of sp³-hybridized carbons (Fsp3) is 0.150. The standard InChI is InChI=1S/C20H19NO/c1-15(22)13-17-9-7-16(8-10-17)11-12-18-14-21(2)20-6-4-3-5-19(18)20/h3-12,14H,13H2,1-2H3/b12-11+. The molecular formula is C20H19NO. The van der Waals surface area contributed by atoms with E-state index in [1.54, 1.807) is 6.92 Å². The quantitative estimate of drug-likeness (QED) is 0.694. The van der Waals surface area contributed by atoms with Gasteiger partial charge in [-0.1, -0.05) is 54.6 Å². The Hall–Kier alpha value is -2.61. The van der Waals surface area contributed by atoms with Gasteiger partial charge in [0.1, 0.15) is 5.78 Å². The molecule has 1 heterocycles. The Labute approximate surface area is 130 Å². The van der Waals surface area contributed by atoms with Gasteiger partial charge >= 0.3 is 0 Å². The second-order valence-corrected chi connectivity index (χ2v) is 5.67. The van der Waals surface area contributed by atoms with Crippen LogP contribution in [0.1, 0.15) is 23.6 Å². The molecule has 0 saturated heterocycles. The second-order valence-electron chi connectivity index (χ2n) is 5.67. The first kappa shape index (κ1) is 14.3. The number of para-hydroxylation sites is 1. The summed E-state index contributed by atoms with van der Waals surface area (Å²) in [5, 5.41) is 1.26. The monoisotopic (exact) mass is 289 g/mol. The van der Waals surface area contributed by atoms with Gasteiger partial charge < -0.3 is 4.57 Å². The third-order valence-electron chi connectivity index (χ3n) is 3.82. The van der Waals surface area contributed by atoms with Gasteiger partial charge in [0.25, 0.3) is 0 Å². The number of nitrogens with zero attached hydrogens (tertiary/aromatic N) is 1. The number of ketones is 1. The lowest BCUT2D eigenvalue weighted by atomic mass is 10.1. The van der Waals surface area contributed by atoms with Crippen LogP contribution in [0.2, 0.25) is 0 Å². The fourth-order valence-electron chi connectivity index (χ4n) is 2.73. The summed E-state index contributed by atoms with van der Waals surface area (Å²) in [7, 11) is 2.07. The first-order chi connectivity index (χ1) is 10.6. The lowest BCUT2D eigenvalue weighted by molar-refractivity contribution is -0.116. The highest BCUT2D eigenvalue weighted by Crippen LogP contribution is 2.22. The van der Waals surface area contributed by atoms with Gasteiger partial charge in [-0.15, -0.1) is 0 Å². The van der Waals surface area contributed by atoms with Crippen LogP contribution in [0.3, 0.4) is 0 Å². The molecule has 3 rings (SSSR count). The molecule has 0 aliphatic heterocycles. The zero-order valence-electron chi connectivity index (χ0n) is 12.9. The minimum atomic E-state index is 0.194. The average molecular weight is 289 g/mol. The van der Waals surface area contributed by atoms with Gasteiger partial charge in [0, 0.05) is 30.6 Å². The maximum absolute atomic E-state index is 11.1. The summed E-state index contributed by atoms with van der Waals surface area (Å²) < 4.78 is 2.14. The summed E-state index contributed by atoms with van der Waals surface area (Å²) in [5.41, 5.74) is 4.65. The van der Waals surface area contributed by atoms with Gasteiger partial charge in [-0.2, -0.15) is 0 Å². The van der Waals surface area contributed by atoms with E-state index in [1.807, 2.05) is 12.1 Å². The van der Waals surface area contributed by atoms with E-state index in [2.05, 4.69) is 66.4 Å². The van der Waals surface area contributed by atoms with Gasteiger partial charge in [0.15, 0.2) is 0 Å². The van der Waals surface area contributed by atoms with Crippen molar-refractivity contribution in [1.29, 1.82) is 0 Å². The highest BCUT2D eigenvalue weighted by atomic mass is 16.1. The Kier molecular flexibility index (Phi) is 3.92. The minimum absolute atomic E-state index is 0.194. The normalized spacial score (nSPS) is 11.4. The van der Waals surface area contributed by atoms with Gasteiger partial charge in [0.05, 0.1) is 0 Å². The zero-order chi connectivity index (χ0) is 15.5. The van der Waals surface area contributed by atoms with E-state index >= 15 is 0 Å². The van der Waals surface area contributed by atoms with Crippen LogP contribution >= 0.6 is 0 Å². The number of carbonyl (C=O) groups is 1. The van der Waals surface area contributed by atoms with E-state index in [-0.39, 0.29) is 5.78 Å². The van der Waals surface area contributed by atoms with E-state index < -0.39 is 0 Å². The van der Waals surface area contributed by atoms with Crippen LogP contribution in [0, 0.1) is 0 Å². The van der Waals surface area contributed by atoms with Gasteiger partial charge in [-0.25, -0.2) is 0 Å². The molecule has 0 aliphatic rings. The first-order valence-corrected chi connectivity index (χ1v) is 7.44. The molecule has 0 amide bonds. The van der Waals surface area contributed by atoms with Crippen molar-refractivity contribution in [1.82, 2.24) is 4.57 Å². The Morgan fingerprint density at radius 1 is 1.05 bits per heavy atom. The molecule has 22 heavy (non-hydrogen) atoms. The van der Waals surface area contributed by atoms with Crippen LogP contribution < -0.4 is 0 Å². The molecule has 0 radical (unpaired) electrons. The molecular weight excluding hydrogens is 270 g/mol. The summed E-state index contributed by atoms with van der Waals surface area (Å²) in [5.74, 6) is 0.194. The molecule has 2 aromatic carbocycles. The lowest BCUT2D eigenvalue weighted by Gasteiger charge is -1.98. The maximum Gasteiger partial charge on any atom is 0.134 e. The summed E-state index contributed by atoms with van der Waals surface area (Å²) in [6.07, 6.45) is 6.90. The SMILES string of the molecule is CC(=O)Cc1ccc(/C=C/c2cn(C)c3ccccc23)cc1. The second kappa shape index (κ2) is 6.02. The molecule has 110 valence electrons. The fourth-order valence-corrected chi connectivity index (χ4v) is 2.73. The van der Waals surface area contributed by atoms with Crippen molar-refractivity contribution in [3.05, 3.63) is 71.4 Å². The smallest absolute Gasteiger partial charge is 0.134 e. The topological polar surface area (TPSA) is 22.0 Å². The third kappa shape index (κ3) is 3.01. The summed E-state index contributed by atoms with van der Waals surface area (Å²) >= 11 is 0. The van der Waals surface area contributed by atoms with Crippen molar-refractivity contribution >= 4 is 28.8 Å². The molecule has 0 fully saturated rings. The Morgan fingerprint density at radius 3 is 2.50 bits per heavy atom. The van der Waals surface area contributed by atoms with E-state index in [9.17, 15) is 4.79 Å². The van der Waals surface area contributed by atoms with Crippen LogP contribution in [0.5, 0.6) is 0 Å². The van der Waals surface area contributed by atoms with E-state index in [0.29, 0.717) is 6.42 Å². The van der Waals surface area contributed by atoms with Crippen molar-refractivity contribution in [3.8, 4) is 0 Å². The Balaban J connectivity index is 1.85. The number of aryl methyl sites for hydroxylation is 1. The molecule has 2 heteroatoms. The van der Waals surface area contributed by atoms with Crippen molar-refractivity contribution in [2.45, 2.75) is 13.3 Å². The lowest BCUT2D eigenvalue weighted by Crippen LogP contribution is -1.95. The van der Waals surface area contributed by atoms with Crippen LogP contribution in [-0.4, -0.2) is 10.4 Å². The number of fused-ring (bicyclic) bond motifs is 1. The van der Waals surface area contributed by atoms with E-state index in [4.69, 9.17) is 0 Å². The van der Waals surface area contributed by atoms with Crippen molar-refractivity contribution < 1.29 is 4.79 Å². The van der Waals surface area contributed by atoms with Gasteiger partial charge in [-0.05, 0) is 29.7 Å². The number of rotatable bonds is 4. The number of Topliss-reactive ketones (excluding diaryl/α,β-unsaturated/α-hetero) is 1. The molecule has 3 aromatic rings. The van der Waals surface area contributed by atoms with Crippen LogP contribution in [-0.2, 0) is 18.3 Å². The predicted octanol–water partition coefficient (Wildman–Crippen LogP) is 4.48. The molecule has 0 N–H and O–H groups in total. The largest absolute Gasteiger partial charge is 0.350 e. The highest BCUT2D eigenvalue weighted by Gasteiger charge is 2.02. The molecule has 1 aromatic heterocycles. The average Bonchev–Trinajstić information content (AvgIpc) is 2.83. The number of hydrogen-bond donors (Lipinski definition) is 0. The Bertz CT molecular complexity index is 838. The van der Waals surface area contributed by atoms with Crippen molar-refractivity contribution in [2.75, 3.05) is 0 Å². The predicted molar refractivity (Wildman–Crippen MR) is 92.7 cm³/mol. The number of benzene rings is 2. The molecule has 2 nitrogen and oxygen atoms in total. The Morgan fingerprint density at radius 2 is 1.77 bits per heavy atom. The van der Waals surface area contributed by atoms with Crippen molar-refractivity contribution in [2.24, 2.45) is 7.05 Å². The molecule has 0 atom stereocenters. The molecule has 0 unspecified atom stereocenters. The first-order valence-electron chi connectivity index (χ1n) is 7.44. The molecule has 0 bridgehead atoms. The van der Waals surface area contributed by atoms with E-state index in [0.717, 1.165) is 11.1 Å². The van der Waals surface area contributed by atoms with Crippen LogP contribution in [0.15, 0.2) is 54.7 Å². The zero-order valence-corrected chi connectivity index (χ0v) is 12.9. The maximum atomic E-state index is 11.1. The van der Waals surface area contributed by atoms with Crippen molar-refractivity contribution in [3.63, 3.8) is 0 Å². The minimum Gasteiger partial charge on any atom is -0.350 e. The molecule has 0 saturated carbocycles.